The van der Waals surface area contributed by atoms with Gasteiger partial charge in [-0.3, -0.25) is 9.69 Å². The van der Waals surface area contributed by atoms with Gasteiger partial charge in [-0.05, 0) is 62.4 Å². The average molecular weight is 317 g/mol. The zero-order valence-electron chi connectivity index (χ0n) is 15.3. The van der Waals surface area contributed by atoms with Crippen LogP contribution in [0.4, 0.5) is 5.82 Å². The number of carbonyl (C=O) groups excluding carboxylic acids is 1. The summed E-state index contributed by atoms with van der Waals surface area (Å²) in [4.78, 5) is 19.2. The van der Waals surface area contributed by atoms with E-state index < -0.39 is 0 Å². The third-order valence-electron chi connectivity index (χ3n) is 5.23. The van der Waals surface area contributed by atoms with Crippen molar-refractivity contribution >= 4 is 11.7 Å². The minimum Gasteiger partial charge on any atom is -0.310 e. The van der Waals surface area contributed by atoms with E-state index in [-0.39, 0.29) is 11.3 Å². The zero-order valence-corrected chi connectivity index (χ0v) is 15.3. The maximum absolute atomic E-state index is 12.3. The Morgan fingerprint density at radius 2 is 2.04 bits per heavy atom. The lowest BCUT2D eigenvalue weighted by Crippen LogP contribution is -2.33. The summed E-state index contributed by atoms with van der Waals surface area (Å²) >= 11 is 0. The van der Waals surface area contributed by atoms with Crippen LogP contribution < -0.4 is 5.32 Å². The molecule has 1 saturated heterocycles. The largest absolute Gasteiger partial charge is 0.310 e. The van der Waals surface area contributed by atoms with Crippen LogP contribution in [0.1, 0.15) is 58.1 Å². The Hall–Kier alpha value is -1.42. The van der Waals surface area contributed by atoms with Crippen molar-refractivity contribution in [3.8, 4) is 0 Å². The number of rotatable bonds is 5. The number of hydrogen-bond acceptors (Lipinski definition) is 3. The van der Waals surface area contributed by atoms with Gasteiger partial charge in [0.25, 0.3) is 0 Å². The Morgan fingerprint density at radius 3 is 2.65 bits per heavy atom. The van der Waals surface area contributed by atoms with Crippen LogP contribution in [0.3, 0.4) is 0 Å². The number of aryl methyl sites for hydroxylation is 1. The second-order valence-corrected chi connectivity index (χ2v) is 7.65. The molecule has 1 aliphatic rings. The molecule has 1 aromatic rings. The highest BCUT2D eigenvalue weighted by Crippen LogP contribution is 2.24. The Kier molecular flexibility index (Phi) is 5.79. The first kappa shape index (κ1) is 17.9. The Bertz CT molecular complexity index is 546. The standard InChI is InChI=1S/C19H31N3O/c1-6-19(4,5)18(23)21-17-11-16(15(3)12-20-17)13-22-9-7-14(2)8-10-22/h11-12,14H,6-10,13H2,1-5H3,(H,20,21,23). The molecule has 1 aliphatic heterocycles. The molecule has 0 bridgehead atoms. The summed E-state index contributed by atoms with van der Waals surface area (Å²) in [5.74, 6) is 1.55. The molecule has 0 unspecified atom stereocenters. The normalized spacial score (nSPS) is 17.3. The summed E-state index contributed by atoms with van der Waals surface area (Å²) in [5.41, 5.74) is 2.09. The van der Waals surface area contributed by atoms with Gasteiger partial charge in [0.05, 0.1) is 0 Å². The molecule has 1 N–H and O–H groups in total. The first-order valence-electron chi connectivity index (χ1n) is 8.81. The predicted octanol–water partition coefficient (Wildman–Crippen LogP) is 4.00. The van der Waals surface area contributed by atoms with Crippen molar-refractivity contribution in [1.29, 1.82) is 0 Å². The lowest BCUT2D eigenvalue weighted by Gasteiger charge is -2.30. The molecular formula is C19H31N3O. The third kappa shape index (κ3) is 4.77. The van der Waals surface area contributed by atoms with Crippen molar-refractivity contribution in [2.45, 2.75) is 60.4 Å². The molecule has 0 aromatic carbocycles. The van der Waals surface area contributed by atoms with E-state index in [4.69, 9.17) is 0 Å². The van der Waals surface area contributed by atoms with E-state index in [2.05, 4.69) is 29.0 Å². The zero-order chi connectivity index (χ0) is 17.0. The Morgan fingerprint density at radius 1 is 1.39 bits per heavy atom. The van der Waals surface area contributed by atoms with Crippen molar-refractivity contribution in [3.63, 3.8) is 0 Å². The van der Waals surface area contributed by atoms with Gasteiger partial charge in [0.2, 0.25) is 5.91 Å². The van der Waals surface area contributed by atoms with Gasteiger partial charge in [0.15, 0.2) is 0 Å². The second-order valence-electron chi connectivity index (χ2n) is 7.65. The van der Waals surface area contributed by atoms with Gasteiger partial charge in [-0.2, -0.15) is 0 Å². The van der Waals surface area contributed by atoms with Crippen molar-refractivity contribution < 1.29 is 4.79 Å². The lowest BCUT2D eigenvalue weighted by molar-refractivity contribution is -0.124. The number of anilines is 1. The van der Waals surface area contributed by atoms with Crippen LogP contribution >= 0.6 is 0 Å². The van der Waals surface area contributed by atoms with E-state index >= 15 is 0 Å². The minimum absolute atomic E-state index is 0.0362. The molecule has 0 aliphatic carbocycles. The number of carbonyl (C=O) groups is 1. The van der Waals surface area contributed by atoms with Crippen molar-refractivity contribution in [3.05, 3.63) is 23.4 Å². The van der Waals surface area contributed by atoms with Crippen molar-refractivity contribution in [2.24, 2.45) is 11.3 Å². The molecule has 0 radical (unpaired) electrons. The molecular weight excluding hydrogens is 286 g/mol. The summed E-state index contributed by atoms with van der Waals surface area (Å²) in [6, 6.07) is 2.04. The SMILES string of the molecule is CCC(C)(C)C(=O)Nc1cc(CN2CCC(C)CC2)c(C)cn1. The first-order chi connectivity index (χ1) is 10.8. The van der Waals surface area contributed by atoms with E-state index in [0.717, 1.165) is 32.0 Å². The number of nitrogens with zero attached hydrogens (tertiary/aromatic N) is 2. The van der Waals surface area contributed by atoms with Crippen LogP contribution in [-0.4, -0.2) is 28.9 Å². The van der Waals surface area contributed by atoms with Crippen LogP contribution in [0, 0.1) is 18.3 Å². The number of aromatic nitrogens is 1. The van der Waals surface area contributed by atoms with E-state index in [1.807, 2.05) is 33.0 Å². The van der Waals surface area contributed by atoms with Crippen LogP contribution in [0.5, 0.6) is 0 Å². The van der Waals surface area contributed by atoms with Crippen molar-refractivity contribution in [2.75, 3.05) is 18.4 Å². The molecule has 128 valence electrons. The van der Waals surface area contributed by atoms with Gasteiger partial charge in [-0.25, -0.2) is 4.98 Å². The molecule has 1 amide bonds. The number of piperidine rings is 1. The molecule has 4 nitrogen and oxygen atoms in total. The highest BCUT2D eigenvalue weighted by atomic mass is 16.2. The van der Waals surface area contributed by atoms with E-state index in [1.54, 1.807) is 0 Å². The van der Waals surface area contributed by atoms with Crippen LogP contribution in [0.15, 0.2) is 12.3 Å². The summed E-state index contributed by atoms with van der Waals surface area (Å²) in [5, 5.41) is 2.98. The topological polar surface area (TPSA) is 45.2 Å². The Balaban J connectivity index is 2.05. The quantitative estimate of drug-likeness (QED) is 0.893. The second kappa shape index (κ2) is 7.43. The van der Waals surface area contributed by atoms with Gasteiger partial charge in [-0.15, -0.1) is 0 Å². The van der Waals surface area contributed by atoms with Crippen LogP contribution in [-0.2, 0) is 11.3 Å². The molecule has 2 heterocycles. The third-order valence-corrected chi connectivity index (χ3v) is 5.23. The highest BCUT2D eigenvalue weighted by Gasteiger charge is 2.25. The van der Waals surface area contributed by atoms with Gasteiger partial charge in [-0.1, -0.05) is 27.7 Å². The van der Waals surface area contributed by atoms with E-state index in [9.17, 15) is 4.79 Å². The molecule has 0 atom stereocenters. The molecule has 4 heteroatoms. The number of likely N-dealkylation sites (tertiary alicyclic amines) is 1. The van der Waals surface area contributed by atoms with Gasteiger partial charge < -0.3 is 5.32 Å². The molecule has 0 saturated carbocycles. The monoisotopic (exact) mass is 317 g/mol. The molecule has 2 rings (SSSR count). The fraction of sp³-hybridized carbons (Fsp3) is 0.684. The summed E-state index contributed by atoms with van der Waals surface area (Å²) in [6.07, 6.45) is 5.23. The molecule has 0 spiro atoms. The lowest BCUT2D eigenvalue weighted by atomic mass is 9.89. The smallest absolute Gasteiger partial charge is 0.231 e. The summed E-state index contributed by atoms with van der Waals surface area (Å²) in [7, 11) is 0. The average Bonchev–Trinajstić information content (AvgIpc) is 2.52. The summed E-state index contributed by atoms with van der Waals surface area (Å²) in [6.45, 7) is 13.7. The van der Waals surface area contributed by atoms with Gasteiger partial charge in [0.1, 0.15) is 5.82 Å². The molecule has 23 heavy (non-hydrogen) atoms. The fourth-order valence-corrected chi connectivity index (χ4v) is 2.71. The predicted molar refractivity (Wildman–Crippen MR) is 95.4 cm³/mol. The van der Waals surface area contributed by atoms with E-state index in [1.165, 1.54) is 24.0 Å². The van der Waals surface area contributed by atoms with Crippen LogP contribution in [0.25, 0.3) is 0 Å². The van der Waals surface area contributed by atoms with Crippen LogP contribution in [0.2, 0.25) is 0 Å². The number of hydrogen-bond donors (Lipinski definition) is 1. The maximum atomic E-state index is 12.3. The van der Waals surface area contributed by atoms with Crippen molar-refractivity contribution in [1.82, 2.24) is 9.88 Å². The van der Waals surface area contributed by atoms with Gasteiger partial charge in [0, 0.05) is 18.2 Å². The van der Waals surface area contributed by atoms with E-state index in [0.29, 0.717) is 5.82 Å². The minimum atomic E-state index is -0.365. The molecule has 1 aromatic heterocycles. The molecule has 1 fully saturated rings. The number of amides is 1. The fourth-order valence-electron chi connectivity index (χ4n) is 2.71. The number of nitrogens with one attached hydrogen (secondary N) is 1. The summed E-state index contributed by atoms with van der Waals surface area (Å²) < 4.78 is 0. The Labute approximate surface area is 140 Å². The van der Waals surface area contributed by atoms with Gasteiger partial charge >= 0.3 is 0 Å². The first-order valence-corrected chi connectivity index (χ1v) is 8.81. The maximum Gasteiger partial charge on any atom is 0.231 e. The number of pyridine rings is 1. The highest BCUT2D eigenvalue weighted by molar-refractivity contribution is 5.94.